The Morgan fingerprint density at radius 2 is 1.80 bits per heavy atom. The Balaban J connectivity index is 1.84. The number of hydrogen-bond acceptors (Lipinski definition) is 4. The minimum Gasteiger partial charge on any atom is -0.484 e. The first-order chi connectivity index (χ1) is 14.3. The van der Waals surface area contributed by atoms with Crippen LogP contribution in [0, 0.1) is 5.82 Å². The second-order valence-electron chi connectivity index (χ2n) is 7.66. The zero-order valence-corrected chi connectivity index (χ0v) is 17.2. The normalized spacial score (nSPS) is 19.6. The highest BCUT2D eigenvalue weighted by molar-refractivity contribution is 5.97. The number of rotatable bonds is 6. The fourth-order valence-corrected chi connectivity index (χ4v) is 3.57. The van der Waals surface area contributed by atoms with Gasteiger partial charge in [0.05, 0.1) is 6.10 Å². The van der Waals surface area contributed by atoms with Crippen LogP contribution in [0.2, 0.25) is 0 Å². The Labute approximate surface area is 175 Å². The van der Waals surface area contributed by atoms with Gasteiger partial charge in [0, 0.05) is 18.5 Å². The number of aliphatic hydroxyl groups is 1. The molecular formula is C23H27FN2O4. The molecule has 0 aromatic heterocycles. The molecule has 1 aliphatic rings. The van der Waals surface area contributed by atoms with Crippen molar-refractivity contribution in [3.63, 3.8) is 0 Å². The average molecular weight is 414 g/mol. The number of hydrogen-bond donors (Lipinski definition) is 3. The summed E-state index contributed by atoms with van der Waals surface area (Å²) in [5.74, 6) is -1.51. The van der Waals surface area contributed by atoms with E-state index in [0.29, 0.717) is 25.7 Å². The molecule has 0 aliphatic heterocycles. The third kappa shape index (κ3) is 5.57. The van der Waals surface area contributed by atoms with E-state index in [1.54, 1.807) is 0 Å². The second-order valence-corrected chi connectivity index (χ2v) is 7.66. The van der Waals surface area contributed by atoms with E-state index in [1.165, 1.54) is 13.0 Å². The Bertz CT molecular complexity index is 896. The summed E-state index contributed by atoms with van der Waals surface area (Å²) < 4.78 is 20.7. The summed E-state index contributed by atoms with van der Waals surface area (Å²) in [6.45, 7) is 3.09. The van der Waals surface area contributed by atoms with Gasteiger partial charge in [-0.05, 0) is 50.3 Å². The van der Waals surface area contributed by atoms with Crippen LogP contribution in [0.15, 0.2) is 42.5 Å². The smallest absolute Gasteiger partial charge is 0.251 e. The molecule has 0 saturated heterocycles. The number of halogens is 1. The Morgan fingerprint density at radius 3 is 2.43 bits per heavy atom. The molecule has 6 nitrogen and oxygen atoms in total. The summed E-state index contributed by atoms with van der Waals surface area (Å²) in [4.78, 5) is 24.3. The molecule has 30 heavy (non-hydrogen) atoms. The van der Waals surface area contributed by atoms with Crippen LogP contribution in [-0.4, -0.2) is 29.1 Å². The second kappa shape index (κ2) is 9.71. The topological polar surface area (TPSA) is 87.7 Å². The number of anilines is 1. The van der Waals surface area contributed by atoms with Crippen LogP contribution in [0.4, 0.5) is 10.1 Å². The van der Waals surface area contributed by atoms with Crippen LogP contribution in [0.25, 0.3) is 0 Å². The summed E-state index contributed by atoms with van der Waals surface area (Å²) in [7, 11) is 0. The fraction of sp³-hybridized carbons (Fsp3) is 0.391. The van der Waals surface area contributed by atoms with Crippen molar-refractivity contribution in [3.05, 3.63) is 59.4 Å². The average Bonchev–Trinajstić information content (AvgIpc) is 2.72. The van der Waals surface area contributed by atoms with Crippen LogP contribution in [0.1, 0.15) is 61.6 Å². The number of carbonyl (C=O) groups excluding carboxylic acids is 2. The molecule has 0 radical (unpaired) electrons. The van der Waals surface area contributed by atoms with E-state index >= 15 is 0 Å². The number of benzene rings is 2. The van der Waals surface area contributed by atoms with E-state index in [2.05, 4.69) is 10.6 Å². The van der Waals surface area contributed by atoms with Crippen molar-refractivity contribution in [1.29, 1.82) is 0 Å². The van der Waals surface area contributed by atoms with Crippen LogP contribution >= 0.6 is 0 Å². The van der Waals surface area contributed by atoms with E-state index in [1.807, 2.05) is 37.3 Å². The van der Waals surface area contributed by atoms with Crippen LogP contribution in [0.5, 0.6) is 5.75 Å². The molecule has 1 atom stereocenters. The van der Waals surface area contributed by atoms with Crippen molar-refractivity contribution in [2.45, 2.75) is 57.8 Å². The molecule has 3 rings (SSSR count). The van der Waals surface area contributed by atoms with Gasteiger partial charge < -0.3 is 20.5 Å². The minimum atomic E-state index is -0.743. The summed E-state index contributed by atoms with van der Waals surface area (Å²) in [6, 6.07) is 11.9. The molecule has 2 aromatic rings. The predicted octanol–water partition coefficient (Wildman–Crippen LogP) is 3.96. The van der Waals surface area contributed by atoms with E-state index < -0.39 is 23.7 Å². The van der Waals surface area contributed by atoms with Crippen molar-refractivity contribution in [1.82, 2.24) is 5.32 Å². The van der Waals surface area contributed by atoms with Gasteiger partial charge in [-0.1, -0.05) is 30.3 Å². The lowest BCUT2D eigenvalue weighted by Crippen LogP contribution is -2.38. The van der Waals surface area contributed by atoms with Gasteiger partial charge in [0.1, 0.15) is 17.5 Å². The number of nitrogens with one attached hydrogen (secondary N) is 2. The first-order valence-electron chi connectivity index (χ1n) is 10.1. The highest BCUT2D eigenvalue weighted by Gasteiger charge is 2.23. The molecule has 0 bridgehead atoms. The number of ether oxygens (including phenoxy) is 1. The fourth-order valence-electron chi connectivity index (χ4n) is 3.57. The lowest BCUT2D eigenvalue weighted by Gasteiger charge is -2.26. The molecule has 1 fully saturated rings. The number of amides is 2. The van der Waals surface area contributed by atoms with Crippen molar-refractivity contribution >= 4 is 17.5 Å². The standard InChI is InChI=1S/C23H27FN2O4/c1-14(16-6-4-3-5-7-16)30-21-13-17(12-20(24)22(21)25-15(2)27)23(29)26-18-8-10-19(28)11-9-18/h3-7,12-14,18-19,28H,8-11H2,1-2H3,(H,25,27)(H,26,29)/t14-,18?,19?/m0/s1. The van der Waals surface area contributed by atoms with Crippen molar-refractivity contribution in [2.75, 3.05) is 5.32 Å². The molecule has 1 aliphatic carbocycles. The molecule has 7 heteroatoms. The molecular weight excluding hydrogens is 387 g/mol. The van der Waals surface area contributed by atoms with Crippen molar-refractivity contribution in [3.8, 4) is 5.75 Å². The van der Waals surface area contributed by atoms with Gasteiger partial charge in [0.15, 0.2) is 5.82 Å². The largest absolute Gasteiger partial charge is 0.484 e. The first kappa shape index (κ1) is 21.8. The molecule has 1 saturated carbocycles. The third-order valence-electron chi connectivity index (χ3n) is 5.22. The van der Waals surface area contributed by atoms with Crippen molar-refractivity contribution < 1.29 is 23.8 Å². The Kier molecular flexibility index (Phi) is 7.05. The van der Waals surface area contributed by atoms with E-state index in [0.717, 1.165) is 11.6 Å². The Morgan fingerprint density at radius 1 is 1.13 bits per heavy atom. The van der Waals surface area contributed by atoms with E-state index in [9.17, 15) is 19.1 Å². The van der Waals surface area contributed by atoms with Crippen LogP contribution in [0.3, 0.4) is 0 Å². The molecule has 2 aromatic carbocycles. The highest BCUT2D eigenvalue weighted by Crippen LogP contribution is 2.33. The van der Waals surface area contributed by atoms with Crippen LogP contribution in [-0.2, 0) is 4.79 Å². The van der Waals surface area contributed by atoms with Gasteiger partial charge in [-0.3, -0.25) is 9.59 Å². The molecule has 3 N–H and O–H groups in total. The highest BCUT2D eigenvalue weighted by atomic mass is 19.1. The third-order valence-corrected chi connectivity index (χ3v) is 5.22. The van der Waals surface area contributed by atoms with Gasteiger partial charge in [0.25, 0.3) is 5.91 Å². The van der Waals surface area contributed by atoms with Gasteiger partial charge >= 0.3 is 0 Å². The minimum absolute atomic E-state index is 0.0633. The van der Waals surface area contributed by atoms with E-state index in [-0.39, 0.29) is 29.1 Å². The lowest BCUT2D eigenvalue weighted by molar-refractivity contribution is -0.114. The van der Waals surface area contributed by atoms with Gasteiger partial charge in [-0.2, -0.15) is 0 Å². The molecule has 0 spiro atoms. The number of aliphatic hydroxyl groups excluding tert-OH is 1. The molecule has 2 amide bonds. The monoisotopic (exact) mass is 414 g/mol. The summed E-state index contributed by atoms with van der Waals surface area (Å²) in [6.07, 6.45) is 1.86. The summed E-state index contributed by atoms with van der Waals surface area (Å²) in [5.41, 5.74) is 0.896. The lowest BCUT2D eigenvalue weighted by atomic mass is 9.93. The molecule has 0 unspecified atom stereocenters. The number of carbonyl (C=O) groups is 2. The van der Waals surface area contributed by atoms with Crippen molar-refractivity contribution in [2.24, 2.45) is 0 Å². The maximum Gasteiger partial charge on any atom is 0.251 e. The maximum atomic E-state index is 14.8. The predicted molar refractivity (Wildman–Crippen MR) is 112 cm³/mol. The van der Waals surface area contributed by atoms with Gasteiger partial charge in [-0.25, -0.2) is 4.39 Å². The van der Waals surface area contributed by atoms with Gasteiger partial charge in [0.2, 0.25) is 5.91 Å². The van der Waals surface area contributed by atoms with Gasteiger partial charge in [-0.15, -0.1) is 0 Å². The zero-order valence-electron chi connectivity index (χ0n) is 17.2. The molecule has 160 valence electrons. The molecule has 0 heterocycles. The van der Waals surface area contributed by atoms with Crippen LogP contribution < -0.4 is 15.4 Å². The van der Waals surface area contributed by atoms with E-state index in [4.69, 9.17) is 4.74 Å². The quantitative estimate of drug-likeness (QED) is 0.668. The summed E-state index contributed by atoms with van der Waals surface area (Å²) >= 11 is 0. The Hall–Kier alpha value is -2.93. The maximum absolute atomic E-state index is 14.8. The zero-order chi connectivity index (χ0) is 21.7. The first-order valence-corrected chi connectivity index (χ1v) is 10.1. The summed E-state index contributed by atoms with van der Waals surface area (Å²) in [5, 5.41) is 15.0. The SMILES string of the molecule is CC(=O)Nc1c(F)cc(C(=O)NC2CCC(O)CC2)cc1O[C@@H](C)c1ccccc1.